The van der Waals surface area contributed by atoms with Crippen LogP contribution in [0.3, 0.4) is 0 Å². The second-order valence-electron chi connectivity index (χ2n) is 7.07. The molecule has 3 saturated carbocycles. The molecule has 1 unspecified atom stereocenters. The van der Waals surface area contributed by atoms with E-state index in [0.29, 0.717) is 17.4 Å². The minimum absolute atomic E-state index is 0.508. The summed E-state index contributed by atoms with van der Waals surface area (Å²) >= 11 is 0. The smallest absolute Gasteiger partial charge is 0.118 e. The molecule has 20 heavy (non-hydrogen) atoms. The number of aliphatic imine (C=N–C) groups is 1. The highest BCUT2D eigenvalue weighted by Crippen LogP contribution is 2.61. The van der Waals surface area contributed by atoms with Crippen molar-refractivity contribution in [2.75, 3.05) is 7.11 Å². The minimum Gasteiger partial charge on any atom is -0.497 e. The van der Waals surface area contributed by atoms with Crippen molar-refractivity contribution in [2.24, 2.45) is 28.2 Å². The standard InChI is InChI=1S/C18H25NO/c1-12-16-9-14(18(16,2)3)10-17(12)19-11-13-5-7-15(20-4)8-6-13/h5-8,11-12,14,16-17H,9-10H2,1-4H3/b19-11+/t12-,14+,16-,17?/m1/s1. The first-order chi connectivity index (χ1) is 9.52. The average molecular weight is 271 g/mol. The molecule has 1 aromatic rings. The highest BCUT2D eigenvalue weighted by Gasteiger charge is 2.56. The van der Waals surface area contributed by atoms with Gasteiger partial charge < -0.3 is 4.74 Å². The molecule has 2 nitrogen and oxygen atoms in total. The number of benzene rings is 1. The molecule has 108 valence electrons. The third-order valence-electron chi connectivity index (χ3n) is 5.84. The van der Waals surface area contributed by atoms with E-state index in [1.54, 1.807) is 7.11 Å². The Morgan fingerprint density at radius 3 is 2.45 bits per heavy atom. The molecule has 0 saturated heterocycles. The normalized spacial score (nSPS) is 34.8. The summed E-state index contributed by atoms with van der Waals surface area (Å²) in [6, 6.07) is 8.63. The Kier molecular flexibility index (Phi) is 3.35. The highest BCUT2D eigenvalue weighted by atomic mass is 16.5. The lowest BCUT2D eigenvalue weighted by molar-refractivity contribution is -0.108. The quantitative estimate of drug-likeness (QED) is 0.756. The van der Waals surface area contributed by atoms with Crippen LogP contribution in [0.4, 0.5) is 0 Å². The summed E-state index contributed by atoms with van der Waals surface area (Å²) in [5.74, 6) is 3.35. The van der Waals surface area contributed by atoms with Crippen molar-refractivity contribution < 1.29 is 4.74 Å². The molecule has 0 heterocycles. The van der Waals surface area contributed by atoms with Gasteiger partial charge in [0.2, 0.25) is 0 Å². The second kappa shape index (κ2) is 4.91. The molecular weight excluding hydrogens is 246 g/mol. The number of nitrogens with zero attached hydrogens (tertiary/aromatic N) is 1. The van der Waals surface area contributed by atoms with E-state index in [4.69, 9.17) is 9.73 Å². The average Bonchev–Trinajstić information content (AvgIpc) is 2.46. The van der Waals surface area contributed by atoms with Gasteiger partial charge in [0.05, 0.1) is 13.2 Å². The molecule has 4 rings (SSSR count). The Morgan fingerprint density at radius 1 is 1.20 bits per heavy atom. The number of ether oxygens (including phenoxy) is 1. The van der Waals surface area contributed by atoms with Gasteiger partial charge in [0.15, 0.2) is 0 Å². The van der Waals surface area contributed by atoms with Crippen molar-refractivity contribution in [3.8, 4) is 5.75 Å². The zero-order valence-electron chi connectivity index (χ0n) is 13.0. The highest BCUT2D eigenvalue weighted by molar-refractivity contribution is 5.79. The van der Waals surface area contributed by atoms with Crippen LogP contribution in [0.2, 0.25) is 0 Å². The third kappa shape index (κ3) is 2.15. The maximum atomic E-state index is 5.18. The molecule has 0 aromatic heterocycles. The molecule has 3 fully saturated rings. The summed E-state index contributed by atoms with van der Waals surface area (Å²) in [6.45, 7) is 7.26. The lowest BCUT2D eigenvalue weighted by atomic mass is 9.45. The summed E-state index contributed by atoms with van der Waals surface area (Å²) in [6.07, 6.45) is 4.72. The molecular formula is C18H25NO. The van der Waals surface area contributed by atoms with Crippen LogP contribution < -0.4 is 4.74 Å². The lowest BCUT2D eigenvalue weighted by Crippen LogP contribution is -2.56. The minimum atomic E-state index is 0.508. The van der Waals surface area contributed by atoms with Gasteiger partial charge in [-0.15, -0.1) is 0 Å². The summed E-state index contributed by atoms with van der Waals surface area (Å²) < 4.78 is 5.18. The van der Waals surface area contributed by atoms with E-state index < -0.39 is 0 Å². The van der Waals surface area contributed by atoms with Crippen LogP contribution in [0.5, 0.6) is 5.75 Å². The van der Waals surface area contributed by atoms with Gasteiger partial charge in [0.25, 0.3) is 0 Å². The van der Waals surface area contributed by atoms with Crippen LogP contribution in [-0.4, -0.2) is 19.4 Å². The largest absolute Gasteiger partial charge is 0.497 e. The SMILES string of the molecule is COc1ccc(/C=N/C2C[C@@H]3C[C@H]([C@H]2C)C3(C)C)cc1. The van der Waals surface area contributed by atoms with Crippen molar-refractivity contribution in [3.05, 3.63) is 29.8 Å². The summed E-state index contributed by atoms with van der Waals surface area (Å²) in [4.78, 5) is 4.87. The van der Waals surface area contributed by atoms with Crippen LogP contribution in [0.15, 0.2) is 29.3 Å². The first kappa shape index (κ1) is 13.7. The molecule has 3 aliphatic rings. The van der Waals surface area contributed by atoms with Crippen LogP contribution >= 0.6 is 0 Å². The van der Waals surface area contributed by atoms with Gasteiger partial charge in [0, 0.05) is 6.21 Å². The van der Waals surface area contributed by atoms with Crippen LogP contribution in [0.25, 0.3) is 0 Å². The Morgan fingerprint density at radius 2 is 1.90 bits per heavy atom. The number of rotatable bonds is 3. The number of hydrogen-bond acceptors (Lipinski definition) is 2. The van der Waals surface area contributed by atoms with Gasteiger partial charge in [-0.25, -0.2) is 0 Å². The van der Waals surface area contributed by atoms with E-state index in [0.717, 1.165) is 23.1 Å². The van der Waals surface area contributed by atoms with E-state index in [9.17, 15) is 0 Å². The van der Waals surface area contributed by atoms with Crippen LogP contribution in [0, 0.1) is 23.2 Å². The van der Waals surface area contributed by atoms with E-state index >= 15 is 0 Å². The molecule has 0 radical (unpaired) electrons. The molecule has 3 aliphatic carbocycles. The Balaban J connectivity index is 1.68. The first-order valence-electron chi connectivity index (χ1n) is 7.69. The predicted molar refractivity (Wildman–Crippen MR) is 83.5 cm³/mol. The fourth-order valence-electron chi connectivity index (χ4n) is 4.19. The van der Waals surface area contributed by atoms with Gasteiger partial charge >= 0.3 is 0 Å². The van der Waals surface area contributed by atoms with E-state index in [1.807, 2.05) is 18.3 Å². The van der Waals surface area contributed by atoms with Crippen molar-refractivity contribution in [3.63, 3.8) is 0 Å². The van der Waals surface area contributed by atoms with E-state index in [-0.39, 0.29) is 0 Å². The van der Waals surface area contributed by atoms with Gasteiger partial charge in [0.1, 0.15) is 5.75 Å². The number of methoxy groups -OCH3 is 1. The fraction of sp³-hybridized carbons (Fsp3) is 0.611. The summed E-state index contributed by atoms with van der Waals surface area (Å²) in [7, 11) is 1.70. The molecule has 2 bridgehead atoms. The molecule has 2 heteroatoms. The third-order valence-corrected chi connectivity index (χ3v) is 5.84. The number of hydrogen-bond donors (Lipinski definition) is 0. The Hall–Kier alpha value is -1.31. The van der Waals surface area contributed by atoms with Gasteiger partial charge in [-0.2, -0.15) is 0 Å². The first-order valence-corrected chi connectivity index (χ1v) is 7.69. The van der Waals surface area contributed by atoms with Crippen LogP contribution in [-0.2, 0) is 0 Å². The molecule has 0 N–H and O–H groups in total. The predicted octanol–water partition coefficient (Wildman–Crippen LogP) is 4.18. The molecule has 4 atom stereocenters. The maximum Gasteiger partial charge on any atom is 0.118 e. The lowest BCUT2D eigenvalue weighted by Gasteiger charge is -2.61. The zero-order chi connectivity index (χ0) is 14.3. The van der Waals surface area contributed by atoms with Gasteiger partial charge in [-0.1, -0.05) is 20.8 Å². The van der Waals surface area contributed by atoms with E-state index in [2.05, 4.69) is 32.9 Å². The fourth-order valence-corrected chi connectivity index (χ4v) is 4.19. The van der Waals surface area contributed by atoms with Crippen LogP contribution in [0.1, 0.15) is 39.2 Å². The summed E-state index contributed by atoms with van der Waals surface area (Å²) in [5.41, 5.74) is 1.71. The second-order valence-corrected chi connectivity index (χ2v) is 7.07. The molecule has 0 amide bonds. The van der Waals surface area contributed by atoms with Gasteiger partial charge in [-0.3, -0.25) is 4.99 Å². The molecule has 1 aromatic carbocycles. The topological polar surface area (TPSA) is 21.6 Å². The summed E-state index contributed by atoms with van der Waals surface area (Å²) in [5, 5.41) is 0. The zero-order valence-corrected chi connectivity index (χ0v) is 13.0. The number of fused-ring (bicyclic) bond motifs is 2. The Labute approximate surface area is 122 Å². The van der Waals surface area contributed by atoms with Crippen molar-refractivity contribution in [1.82, 2.24) is 0 Å². The molecule has 0 aliphatic heterocycles. The monoisotopic (exact) mass is 271 g/mol. The van der Waals surface area contributed by atoms with Crippen molar-refractivity contribution in [1.29, 1.82) is 0 Å². The Bertz CT molecular complexity index is 503. The van der Waals surface area contributed by atoms with Crippen molar-refractivity contribution in [2.45, 2.75) is 39.7 Å². The van der Waals surface area contributed by atoms with Crippen molar-refractivity contribution >= 4 is 6.21 Å². The van der Waals surface area contributed by atoms with Gasteiger partial charge in [-0.05, 0) is 65.8 Å². The van der Waals surface area contributed by atoms with E-state index in [1.165, 1.54) is 12.8 Å². The maximum absolute atomic E-state index is 5.18. The molecule has 0 spiro atoms.